The van der Waals surface area contributed by atoms with Gasteiger partial charge in [-0.2, -0.15) is 0 Å². The molecule has 0 radical (unpaired) electrons. The van der Waals surface area contributed by atoms with E-state index in [1.165, 1.54) is 0 Å². The van der Waals surface area contributed by atoms with Gasteiger partial charge in [-0.15, -0.1) is 0 Å². The molecular formula is C16H29N3O2. The highest BCUT2D eigenvalue weighted by molar-refractivity contribution is 5.82. The molecule has 0 aromatic carbocycles. The number of hydrogen-bond acceptors (Lipinski definition) is 4. The van der Waals surface area contributed by atoms with Crippen LogP contribution in [0.5, 0.6) is 0 Å². The summed E-state index contributed by atoms with van der Waals surface area (Å²) in [5.41, 5.74) is 5.32. The standard InChI is InChI=1S/C16H29N3O2/c1-6-16(3,12-17)15(20)19(10-9-18(4)5)11-14-8-7-13(2)21-14/h7-8H,6,9-12,17H2,1-5H3. The van der Waals surface area contributed by atoms with Crippen molar-refractivity contribution in [3.63, 3.8) is 0 Å². The zero-order valence-corrected chi connectivity index (χ0v) is 14.0. The van der Waals surface area contributed by atoms with Gasteiger partial charge < -0.3 is 20.0 Å². The minimum atomic E-state index is -0.506. The molecule has 0 aliphatic carbocycles. The number of likely N-dealkylation sites (N-methyl/N-ethyl adjacent to an activating group) is 1. The summed E-state index contributed by atoms with van der Waals surface area (Å²) in [5.74, 6) is 1.78. The molecule has 1 rings (SSSR count). The lowest BCUT2D eigenvalue weighted by Gasteiger charge is -2.33. The molecule has 1 atom stereocenters. The lowest BCUT2D eigenvalue weighted by molar-refractivity contribution is -0.142. The molecule has 0 spiro atoms. The van der Waals surface area contributed by atoms with Gasteiger partial charge in [0.15, 0.2) is 0 Å². The number of rotatable bonds is 8. The summed E-state index contributed by atoms with van der Waals surface area (Å²) in [4.78, 5) is 16.8. The molecule has 0 bridgehead atoms. The monoisotopic (exact) mass is 295 g/mol. The predicted molar refractivity (Wildman–Crippen MR) is 84.9 cm³/mol. The number of nitrogens with two attached hydrogens (primary N) is 1. The van der Waals surface area contributed by atoms with Crippen LogP contribution in [0.2, 0.25) is 0 Å². The first-order chi connectivity index (χ1) is 9.82. The molecule has 1 aromatic rings. The molecule has 2 N–H and O–H groups in total. The summed E-state index contributed by atoms with van der Waals surface area (Å²) >= 11 is 0. The van der Waals surface area contributed by atoms with E-state index in [1.54, 1.807) is 0 Å². The van der Waals surface area contributed by atoms with Crippen molar-refractivity contribution in [3.05, 3.63) is 23.7 Å². The highest BCUT2D eigenvalue weighted by atomic mass is 16.3. The van der Waals surface area contributed by atoms with Crippen molar-refractivity contribution < 1.29 is 9.21 Å². The number of carbonyl (C=O) groups excluding carboxylic acids is 1. The molecule has 1 heterocycles. The summed E-state index contributed by atoms with van der Waals surface area (Å²) < 4.78 is 5.61. The number of furan rings is 1. The smallest absolute Gasteiger partial charge is 0.230 e. The Hall–Kier alpha value is -1.33. The largest absolute Gasteiger partial charge is 0.464 e. The van der Waals surface area contributed by atoms with Crippen molar-refractivity contribution in [3.8, 4) is 0 Å². The summed E-state index contributed by atoms with van der Waals surface area (Å²) in [6.45, 7) is 8.19. The minimum absolute atomic E-state index is 0.100. The average molecular weight is 295 g/mol. The third kappa shape index (κ3) is 4.86. The van der Waals surface area contributed by atoms with Crippen LogP contribution >= 0.6 is 0 Å². The van der Waals surface area contributed by atoms with Crippen LogP contribution in [-0.2, 0) is 11.3 Å². The van der Waals surface area contributed by atoms with Gasteiger partial charge in [0.2, 0.25) is 5.91 Å². The molecule has 1 unspecified atom stereocenters. The van der Waals surface area contributed by atoms with Crippen molar-refractivity contribution >= 4 is 5.91 Å². The molecule has 0 fully saturated rings. The Morgan fingerprint density at radius 1 is 1.33 bits per heavy atom. The van der Waals surface area contributed by atoms with Crippen molar-refractivity contribution in [2.45, 2.75) is 33.7 Å². The van der Waals surface area contributed by atoms with Gasteiger partial charge in [0.1, 0.15) is 11.5 Å². The Bertz CT molecular complexity index is 450. The number of amides is 1. The molecule has 1 aromatic heterocycles. The van der Waals surface area contributed by atoms with E-state index in [2.05, 4.69) is 4.90 Å². The maximum absolute atomic E-state index is 12.8. The van der Waals surface area contributed by atoms with Crippen LogP contribution in [0.3, 0.4) is 0 Å². The Morgan fingerprint density at radius 2 is 2.00 bits per heavy atom. The minimum Gasteiger partial charge on any atom is -0.464 e. The highest BCUT2D eigenvalue weighted by Crippen LogP contribution is 2.24. The lowest BCUT2D eigenvalue weighted by Crippen LogP contribution is -2.47. The first-order valence-electron chi connectivity index (χ1n) is 7.52. The summed E-state index contributed by atoms with van der Waals surface area (Å²) in [6.07, 6.45) is 0.734. The molecule has 120 valence electrons. The molecule has 0 saturated heterocycles. The summed E-state index contributed by atoms with van der Waals surface area (Å²) in [7, 11) is 4.00. The number of aryl methyl sites for hydroxylation is 1. The van der Waals surface area contributed by atoms with Gasteiger partial charge in [0, 0.05) is 19.6 Å². The Morgan fingerprint density at radius 3 is 2.43 bits per heavy atom. The third-order valence-electron chi connectivity index (χ3n) is 3.99. The quantitative estimate of drug-likeness (QED) is 0.795. The van der Waals surface area contributed by atoms with Gasteiger partial charge in [0.05, 0.1) is 12.0 Å². The van der Waals surface area contributed by atoms with E-state index in [1.807, 2.05) is 51.9 Å². The average Bonchev–Trinajstić information content (AvgIpc) is 2.86. The molecule has 0 aliphatic rings. The fraction of sp³-hybridized carbons (Fsp3) is 0.688. The zero-order valence-electron chi connectivity index (χ0n) is 14.0. The van der Waals surface area contributed by atoms with Gasteiger partial charge >= 0.3 is 0 Å². The third-order valence-corrected chi connectivity index (χ3v) is 3.99. The maximum atomic E-state index is 12.8. The van der Waals surface area contributed by atoms with Crippen LogP contribution in [0.1, 0.15) is 31.8 Å². The SMILES string of the molecule is CCC(C)(CN)C(=O)N(CCN(C)C)Cc1ccc(C)o1. The number of hydrogen-bond donors (Lipinski definition) is 1. The lowest BCUT2D eigenvalue weighted by atomic mass is 9.86. The normalized spacial score (nSPS) is 14.2. The zero-order chi connectivity index (χ0) is 16.0. The van der Waals surface area contributed by atoms with E-state index >= 15 is 0 Å². The van der Waals surface area contributed by atoms with E-state index in [9.17, 15) is 4.79 Å². The van der Waals surface area contributed by atoms with Crippen molar-refractivity contribution in [2.24, 2.45) is 11.1 Å². The van der Waals surface area contributed by atoms with E-state index in [0.717, 1.165) is 24.5 Å². The van der Waals surface area contributed by atoms with E-state index in [-0.39, 0.29) is 5.91 Å². The molecule has 5 nitrogen and oxygen atoms in total. The van der Waals surface area contributed by atoms with Crippen LogP contribution in [0.15, 0.2) is 16.5 Å². The molecule has 1 amide bonds. The van der Waals surface area contributed by atoms with Crippen LogP contribution in [0.25, 0.3) is 0 Å². The van der Waals surface area contributed by atoms with Gasteiger partial charge in [-0.05, 0) is 46.5 Å². The summed E-state index contributed by atoms with van der Waals surface area (Å²) in [5, 5.41) is 0. The van der Waals surface area contributed by atoms with Crippen LogP contribution in [0.4, 0.5) is 0 Å². The van der Waals surface area contributed by atoms with Crippen LogP contribution < -0.4 is 5.73 Å². The molecule has 0 aliphatic heterocycles. The first-order valence-corrected chi connectivity index (χ1v) is 7.52. The van der Waals surface area contributed by atoms with Gasteiger partial charge in [-0.25, -0.2) is 0 Å². The van der Waals surface area contributed by atoms with Crippen molar-refractivity contribution in [1.29, 1.82) is 0 Å². The Labute approximate surface area is 128 Å². The molecule has 5 heteroatoms. The number of carbonyl (C=O) groups is 1. The van der Waals surface area contributed by atoms with Crippen LogP contribution in [0, 0.1) is 12.3 Å². The highest BCUT2D eigenvalue weighted by Gasteiger charge is 2.34. The van der Waals surface area contributed by atoms with E-state index < -0.39 is 5.41 Å². The van der Waals surface area contributed by atoms with Crippen LogP contribution in [-0.4, -0.2) is 49.4 Å². The number of nitrogens with zero attached hydrogens (tertiary/aromatic N) is 2. The van der Waals surface area contributed by atoms with Gasteiger partial charge in [0.25, 0.3) is 0 Å². The van der Waals surface area contributed by atoms with Gasteiger partial charge in [-0.3, -0.25) is 4.79 Å². The molecular weight excluding hydrogens is 266 g/mol. The topological polar surface area (TPSA) is 62.7 Å². The molecule has 21 heavy (non-hydrogen) atoms. The second-order valence-electron chi connectivity index (χ2n) is 6.16. The van der Waals surface area contributed by atoms with E-state index in [4.69, 9.17) is 10.2 Å². The maximum Gasteiger partial charge on any atom is 0.230 e. The fourth-order valence-corrected chi connectivity index (χ4v) is 2.10. The van der Waals surface area contributed by atoms with Crippen molar-refractivity contribution in [2.75, 3.05) is 33.7 Å². The van der Waals surface area contributed by atoms with Crippen molar-refractivity contribution in [1.82, 2.24) is 9.80 Å². The fourth-order valence-electron chi connectivity index (χ4n) is 2.10. The second kappa shape index (κ2) is 7.61. The second-order valence-corrected chi connectivity index (χ2v) is 6.16. The van der Waals surface area contributed by atoms with E-state index in [0.29, 0.717) is 19.6 Å². The summed E-state index contributed by atoms with van der Waals surface area (Å²) in [6, 6.07) is 3.85. The first kappa shape index (κ1) is 17.7. The Kier molecular flexibility index (Phi) is 6.42. The Balaban J connectivity index is 2.87. The van der Waals surface area contributed by atoms with Gasteiger partial charge in [-0.1, -0.05) is 6.92 Å². The molecule has 0 saturated carbocycles. The predicted octanol–water partition coefficient (Wildman–Crippen LogP) is 1.85.